The normalized spacial score (nSPS) is 11.7. The van der Waals surface area contributed by atoms with Gasteiger partial charge in [0.25, 0.3) is 0 Å². The minimum absolute atomic E-state index is 0.336. The number of alkyl halides is 3. The number of hydrogen-bond acceptors (Lipinski definition) is 8. The molecule has 4 rings (SSSR count). The largest absolute Gasteiger partial charge is 0.573 e. The van der Waals surface area contributed by atoms with Crippen molar-refractivity contribution in [1.29, 1.82) is 0 Å². The summed E-state index contributed by atoms with van der Waals surface area (Å²) in [4.78, 5) is 0. The zero-order valence-corrected chi connectivity index (χ0v) is 20.6. The van der Waals surface area contributed by atoms with E-state index in [9.17, 15) is 18.3 Å². The van der Waals surface area contributed by atoms with Crippen LogP contribution < -0.4 is 15.4 Å². The van der Waals surface area contributed by atoms with Crippen LogP contribution in [0.4, 0.5) is 18.9 Å². The van der Waals surface area contributed by atoms with Crippen LogP contribution in [0, 0.1) is 0 Å². The number of anilines is 1. The average molecular weight is 531 g/mol. The molecule has 2 heterocycles. The van der Waals surface area contributed by atoms with Crippen molar-refractivity contribution >= 4 is 16.6 Å². The summed E-state index contributed by atoms with van der Waals surface area (Å²) in [6, 6.07) is 10.1. The third-order valence-electron chi connectivity index (χ3n) is 5.70. The number of fused-ring (bicyclic) bond motifs is 1. The minimum Gasteiger partial charge on any atom is -0.406 e. The summed E-state index contributed by atoms with van der Waals surface area (Å²) >= 11 is 0. The van der Waals surface area contributed by atoms with Crippen molar-refractivity contribution in [2.24, 2.45) is 0 Å². The van der Waals surface area contributed by atoms with Gasteiger partial charge in [0.05, 0.1) is 37.3 Å². The summed E-state index contributed by atoms with van der Waals surface area (Å²) in [6.45, 7) is 2.43. The summed E-state index contributed by atoms with van der Waals surface area (Å²) in [6.07, 6.45) is 2.05. The molecule has 4 N–H and O–H groups in total. The fraction of sp³-hybridized carbons (Fsp3) is 0.346. The smallest absolute Gasteiger partial charge is 0.406 e. The van der Waals surface area contributed by atoms with Gasteiger partial charge in [0.15, 0.2) is 0 Å². The zero-order chi connectivity index (χ0) is 26.8. The van der Waals surface area contributed by atoms with E-state index in [1.807, 2.05) is 12.1 Å². The molecule has 4 aromatic rings. The number of H-pyrrole nitrogens is 1. The lowest BCUT2D eigenvalue weighted by Crippen LogP contribution is -2.18. The fourth-order valence-corrected chi connectivity index (χ4v) is 3.99. The van der Waals surface area contributed by atoms with Gasteiger partial charge in [0.1, 0.15) is 5.75 Å². The maximum atomic E-state index is 12.5. The molecule has 0 unspecified atom stereocenters. The number of aromatic amines is 1. The number of rotatable bonds is 14. The first-order chi connectivity index (χ1) is 18.4. The zero-order valence-electron chi connectivity index (χ0n) is 20.6. The van der Waals surface area contributed by atoms with E-state index in [1.165, 1.54) is 12.1 Å². The van der Waals surface area contributed by atoms with Gasteiger partial charge in [-0.25, -0.2) is 0 Å². The number of aliphatic hydroxyl groups is 1. The van der Waals surface area contributed by atoms with E-state index >= 15 is 0 Å². The maximum absolute atomic E-state index is 12.5. The SMILES string of the molecule is OCc1cc(CNCCCCOCCNc2cc(-c3ccnnc3)cc3[nH]ncc23)cc(OC(F)(F)F)c1. The molecule has 0 aliphatic rings. The van der Waals surface area contributed by atoms with Crippen molar-refractivity contribution in [1.82, 2.24) is 25.7 Å². The number of halogens is 3. The molecule has 202 valence electrons. The third-order valence-corrected chi connectivity index (χ3v) is 5.70. The Morgan fingerprint density at radius 3 is 2.58 bits per heavy atom. The lowest BCUT2D eigenvalue weighted by molar-refractivity contribution is -0.274. The molecular formula is C26H29F3N6O3. The van der Waals surface area contributed by atoms with E-state index < -0.39 is 6.36 Å². The van der Waals surface area contributed by atoms with Crippen LogP contribution in [0.3, 0.4) is 0 Å². The Hall–Kier alpha value is -3.74. The number of aliphatic hydroxyl groups excluding tert-OH is 1. The second kappa shape index (κ2) is 13.2. The summed E-state index contributed by atoms with van der Waals surface area (Å²) in [5.41, 5.74) is 4.79. The minimum atomic E-state index is -4.78. The molecular weight excluding hydrogens is 501 g/mol. The van der Waals surface area contributed by atoms with Gasteiger partial charge in [-0.1, -0.05) is 6.07 Å². The van der Waals surface area contributed by atoms with Gasteiger partial charge < -0.3 is 25.2 Å². The van der Waals surface area contributed by atoms with Gasteiger partial charge in [-0.15, -0.1) is 13.2 Å². The Labute approximate surface area is 217 Å². The van der Waals surface area contributed by atoms with E-state index in [0.717, 1.165) is 40.6 Å². The number of aromatic nitrogens is 4. The van der Waals surface area contributed by atoms with Gasteiger partial charge >= 0.3 is 6.36 Å². The van der Waals surface area contributed by atoms with Crippen LogP contribution in [0.1, 0.15) is 24.0 Å². The molecule has 38 heavy (non-hydrogen) atoms. The highest BCUT2D eigenvalue weighted by atomic mass is 19.4. The van der Waals surface area contributed by atoms with E-state index in [-0.39, 0.29) is 12.4 Å². The maximum Gasteiger partial charge on any atom is 0.573 e. The van der Waals surface area contributed by atoms with Gasteiger partial charge in [-0.05, 0) is 66.4 Å². The fourth-order valence-electron chi connectivity index (χ4n) is 3.99. The molecule has 0 aliphatic heterocycles. The van der Waals surface area contributed by atoms with Crippen molar-refractivity contribution in [2.75, 3.05) is 31.6 Å². The third kappa shape index (κ3) is 8.13. The van der Waals surface area contributed by atoms with Gasteiger partial charge in [-0.2, -0.15) is 15.3 Å². The lowest BCUT2D eigenvalue weighted by atomic mass is 10.1. The second-order valence-electron chi connectivity index (χ2n) is 8.60. The predicted octanol–water partition coefficient (Wildman–Crippen LogP) is 4.41. The van der Waals surface area contributed by atoms with Crippen LogP contribution in [0.5, 0.6) is 5.75 Å². The Morgan fingerprint density at radius 2 is 1.79 bits per heavy atom. The number of nitrogens with zero attached hydrogens (tertiary/aromatic N) is 3. The highest BCUT2D eigenvalue weighted by Crippen LogP contribution is 2.29. The molecule has 9 nitrogen and oxygen atoms in total. The molecule has 0 spiro atoms. The molecule has 12 heteroatoms. The van der Waals surface area contributed by atoms with Crippen LogP contribution in [-0.2, 0) is 17.9 Å². The van der Waals surface area contributed by atoms with E-state index in [0.29, 0.717) is 44.0 Å². The molecule has 2 aromatic heterocycles. The topological polar surface area (TPSA) is 117 Å². The second-order valence-corrected chi connectivity index (χ2v) is 8.60. The first kappa shape index (κ1) is 27.3. The Balaban J connectivity index is 1.14. The van der Waals surface area contributed by atoms with E-state index in [4.69, 9.17) is 4.74 Å². The molecule has 0 amide bonds. The molecule has 0 saturated heterocycles. The van der Waals surface area contributed by atoms with Gasteiger partial charge in [0, 0.05) is 36.3 Å². The Kier molecular flexibility index (Phi) is 9.46. The molecule has 0 aliphatic carbocycles. The van der Waals surface area contributed by atoms with E-state index in [2.05, 4.69) is 41.8 Å². The molecule has 0 fully saturated rings. The lowest BCUT2D eigenvalue weighted by Gasteiger charge is -2.13. The quantitative estimate of drug-likeness (QED) is 0.177. The molecule has 0 saturated carbocycles. The molecule has 0 atom stereocenters. The van der Waals surface area contributed by atoms with E-state index in [1.54, 1.807) is 24.7 Å². The first-order valence-corrected chi connectivity index (χ1v) is 12.2. The van der Waals surface area contributed by atoms with Crippen molar-refractivity contribution in [2.45, 2.75) is 32.4 Å². The predicted molar refractivity (Wildman–Crippen MR) is 136 cm³/mol. The summed E-state index contributed by atoms with van der Waals surface area (Å²) in [5, 5.41) is 31.8. The van der Waals surface area contributed by atoms with Crippen LogP contribution in [0.15, 0.2) is 55.0 Å². The molecule has 0 radical (unpaired) electrons. The van der Waals surface area contributed by atoms with Crippen LogP contribution in [0.2, 0.25) is 0 Å². The first-order valence-electron chi connectivity index (χ1n) is 12.2. The summed E-state index contributed by atoms with van der Waals surface area (Å²) < 4.78 is 47.2. The van der Waals surface area contributed by atoms with Crippen molar-refractivity contribution in [3.63, 3.8) is 0 Å². The monoisotopic (exact) mass is 530 g/mol. The van der Waals surface area contributed by atoms with Crippen LogP contribution in [-0.4, -0.2) is 58.2 Å². The van der Waals surface area contributed by atoms with Crippen LogP contribution >= 0.6 is 0 Å². The number of unbranched alkanes of at least 4 members (excludes halogenated alkanes) is 1. The standard InChI is InChI=1S/C26H29F3N6O3/c27-26(28,29)38-22-10-18(9-19(11-22)17-36)14-30-4-1-2-7-37-8-6-31-24-12-21(20-3-5-32-33-15-20)13-25-23(24)16-34-35-25/h3,5,9-13,15-16,30-31,36H,1-2,4,6-8,14,17H2,(H,34,35). The number of nitrogens with one attached hydrogen (secondary N) is 3. The number of benzene rings is 2. The molecule has 0 bridgehead atoms. The van der Waals surface area contributed by atoms with Crippen molar-refractivity contribution in [3.8, 4) is 16.9 Å². The summed E-state index contributed by atoms with van der Waals surface area (Å²) in [5.74, 6) is -0.336. The Bertz CT molecular complexity index is 1300. The number of ether oxygens (including phenoxy) is 2. The van der Waals surface area contributed by atoms with Gasteiger partial charge in [0.2, 0.25) is 0 Å². The van der Waals surface area contributed by atoms with Gasteiger partial charge in [-0.3, -0.25) is 5.10 Å². The average Bonchev–Trinajstić information content (AvgIpc) is 3.38. The highest BCUT2D eigenvalue weighted by Gasteiger charge is 2.31. The van der Waals surface area contributed by atoms with Crippen molar-refractivity contribution in [3.05, 3.63) is 66.1 Å². The van der Waals surface area contributed by atoms with Crippen LogP contribution in [0.25, 0.3) is 22.0 Å². The number of hydrogen-bond donors (Lipinski definition) is 4. The Morgan fingerprint density at radius 1 is 0.921 bits per heavy atom. The summed E-state index contributed by atoms with van der Waals surface area (Å²) in [7, 11) is 0. The molecule has 2 aromatic carbocycles. The van der Waals surface area contributed by atoms with Crippen molar-refractivity contribution < 1.29 is 27.8 Å². The highest BCUT2D eigenvalue weighted by molar-refractivity contribution is 5.95.